The lowest BCUT2D eigenvalue weighted by atomic mass is 9.98. The van der Waals surface area contributed by atoms with E-state index >= 15 is 0 Å². The van der Waals surface area contributed by atoms with E-state index in [1.807, 2.05) is 17.5 Å². The van der Waals surface area contributed by atoms with Crippen molar-refractivity contribution >= 4 is 17.2 Å². The maximum absolute atomic E-state index is 12.7. The minimum absolute atomic E-state index is 0.0859. The molecule has 4 rings (SSSR count). The summed E-state index contributed by atoms with van der Waals surface area (Å²) in [7, 11) is 0. The zero-order chi connectivity index (χ0) is 20.9. The van der Waals surface area contributed by atoms with Crippen LogP contribution < -0.4 is 5.32 Å². The van der Waals surface area contributed by atoms with Gasteiger partial charge in [-0.3, -0.25) is 9.69 Å². The van der Waals surface area contributed by atoms with Crippen molar-refractivity contribution in [3.05, 3.63) is 64.7 Å². The van der Waals surface area contributed by atoms with E-state index in [4.69, 9.17) is 9.26 Å². The lowest BCUT2D eigenvalue weighted by Gasteiger charge is -2.35. The zero-order valence-electron chi connectivity index (χ0n) is 17.3. The molecule has 1 fully saturated rings. The average Bonchev–Trinajstić information content (AvgIpc) is 3.47. The first-order valence-electron chi connectivity index (χ1n) is 10.3. The molecule has 158 valence electrons. The third-order valence-electron chi connectivity index (χ3n) is 5.44. The molecule has 1 N–H and O–H groups in total. The number of morpholine rings is 1. The predicted molar refractivity (Wildman–Crippen MR) is 118 cm³/mol. The molecule has 30 heavy (non-hydrogen) atoms. The molecule has 7 heteroatoms. The molecule has 1 amide bonds. The number of hydrogen-bond donors (Lipinski definition) is 1. The highest BCUT2D eigenvalue weighted by Crippen LogP contribution is 2.26. The van der Waals surface area contributed by atoms with Crippen molar-refractivity contribution in [1.82, 2.24) is 15.4 Å². The van der Waals surface area contributed by atoms with Crippen LogP contribution in [0.25, 0.3) is 10.6 Å². The Labute approximate surface area is 180 Å². The van der Waals surface area contributed by atoms with Crippen molar-refractivity contribution < 1.29 is 14.1 Å². The number of thiophene rings is 1. The molecular weight excluding hydrogens is 398 g/mol. The Bertz CT molecular complexity index is 945. The van der Waals surface area contributed by atoms with Crippen LogP contribution in [0, 0.1) is 0 Å². The summed E-state index contributed by atoms with van der Waals surface area (Å²) < 4.78 is 10.9. The van der Waals surface area contributed by atoms with Crippen molar-refractivity contribution in [3.63, 3.8) is 0 Å². The first-order chi connectivity index (χ1) is 14.6. The SMILES string of the molecule is CC(C)c1ccc(C(CNC(=O)c2cc(-c3cccs3)on2)N2CCOCC2)cc1. The number of hydrogen-bond acceptors (Lipinski definition) is 6. The van der Waals surface area contributed by atoms with Crippen LogP contribution in [0.3, 0.4) is 0 Å². The highest BCUT2D eigenvalue weighted by atomic mass is 32.1. The van der Waals surface area contributed by atoms with Gasteiger partial charge in [0.2, 0.25) is 0 Å². The van der Waals surface area contributed by atoms with Crippen molar-refractivity contribution in [2.45, 2.75) is 25.8 Å². The quantitative estimate of drug-likeness (QED) is 0.610. The van der Waals surface area contributed by atoms with E-state index < -0.39 is 0 Å². The summed E-state index contributed by atoms with van der Waals surface area (Å²) >= 11 is 1.55. The lowest BCUT2D eigenvalue weighted by molar-refractivity contribution is 0.0162. The third-order valence-corrected chi connectivity index (χ3v) is 6.32. The van der Waals surface area contributed by atoms with E-state index in [0.29, 0.717) is 37.1 Å². The lowest BCUT2D eigenvalue weighted by Crippen LogP contribution is -2.43. The molecule has 1 aliphatic rings. The maximum Gasteiger partial charge on any atom is 0.273 e. The molecule has 1 aromatic carbocycles. The number of amides is 1. The van der Waals surface area contributed by atoms with Crippen LogP contribution in [0.4, 0.5) is 0 Å². The van der Waals surface area contributed by atoms with Crippen LogP contribution in [0.15, 0.2) is 52.4 Å². The van der Waals surface area contributed by atoms with E-state index in [-0.39, 0.29) is 11.9 Å². The number of nitrogens with one attached hydrogen (secondary N) is 1. The van der Waals surface area contributed by atoms with Gasteiger partial charge in [0.1, 0.15) is 0 Å². The van der Waals surface area contributed by atoms with Gasteiger partial charge in [0.25, 0.3) is 5.91 Å². The molecule has 0 radical (unpaired) electrons. The number of aromatic nitrogens is 1. The summed E-state index contributed by atoms with van der Waals surface area (Å²) in [4.78, 5) is 16.0. The van der Waals surface area contributed by atoms with Gasteiger partial charge < -0.3 is 14.6 Å². The molecule has 1 unspecified atom stereocenters. The first kappa shape index (κ1) is 20.8. The molecule has 1 aliphatic heterocycles. The Morgan fingerprint density at radius 3 is 2.57 bits per heavy atom. The van der Waals surface area contributed by atoms with Gasteiger partial charge in [-0.05, 0) is 28.5 Å². The fourth-order valence-electron chi connectivity index (χ4n) is 3.65. The summed E-state index contributed by atoms with van der Waals surface area (Å²) in [6, 6.07) is 14.4. The molecule has 6 nitrogen and oxygen atoms in total. The van der Waals surface area contributed by atoms with Gasteiger partial charge in [0.05, 0.1) is 24.1 Å². The van der Waals surface area contributed by atoms with Crippen molar-refractivity contribution in [2.75, 3.05) is 32.8 Å². The number of nitrogens with zero attached hydrogens (tertiary/aromatic N) is 2. The van der Waals surface area contributed by atoms with Crippen molar-refractivity contribution in [1.29, 1.82) is 0 Å². The molecule has 0 saturated carbocycles. The second kappa shape index (κ2) is 9.55. The highest BCUT2D eigenvalue weighted by molar-refractivity contribution is 7.13. The normalized spacial score (nSPS) is 16.0. The molecule has 1 saturated heterocycles. The second-order valence-corrected chi connectivity index (χ2v) is 8.70. The Hall–Kier alpha value is -2.48. The van der Waals surface area contributed by atoms with Gasteiger partial charge in [-0.1, -0.05) is 49.3 Å². The highest BCUT2D eigenvalue weighted by Gasteiger charge is 2.24. The summed E-state index contributed by atoms with van der Waals surface area (Å²) in [5.74, 6) is 0.882. The molecular formula is C23H27N3O3S. The van der Waals surface area contributed by atoms with Crippen LogP contribution in [0.2, 0.25) is 0 Å². The number of rotatable bonds is 7. The van der Waals surface area contributed by atoms with E-state index in [1.54, 1.807) is 17.4 Å². The maximum atomic E-state index is 12.7. The molecule has 1 atom stereocenters. The molecule has 0 spiro atoms. The summed E-state index contributed by atoms with van der Waals surface area (Å²) in [6.45, 7) is 8.00. The van der Waals surface area contributed by atoms with Crippen molar-refractivity contribution in [2.24, 2.45) is 0 Å². The molecule has 3 heterocycles. The fraction of sp³-hybridized carbons (Fsp3) is 0.391. The van der Waals surface area contributed by atoms with E-state index in [1.165, 1.54) is 11.1 Å². The van der Waals surface area contributed by atoms with Crippen molar-refractivity contribution in [3.8, 4) is 10.6 Å². The molecule has 0 aliphatic carbocycles. The Kier molecular flexibility index (Phi) is 6.62. The molecule has 2 aromatic heterocycles. The number of carbonyl (C=O) groups excluding carboxylic acids is 1. The predicted octanol–water partition coefficient (Wildman–Crippen LogP) is 4.33. The Morgan fingerprint density at radius 1 is 1.17 bits per heavy atom. The van der Waals surface area contributed by atoms with Gasteiger partial charge >= 0.3 is 0 Å². The summed E-state index contributed by atoms with van der Waals surface area (Å²) in [5.41, 5.74) is 2.81. The first-order valence-corrected chi connectivity index (χ1v) is 11.2. The van der Waals surface area contributed by atoms with E-state index in [0.717, 1.165) is 18.0 Å². The zero-order valence-corrected chi connectivity index (χ0v) is 18.2. The van der Waals surface area contributed by atoms with Gasteiger partial charge in [0, 0.05) is 25.7 Å². The summed E-state index contributed by atoms with van der Waals surface area (Å²) in [5, 5.41) is 8.97. The van der Waals surface area contributed by atoms with Gasteiger partial charge in [-0.2, -0.15) is 0 Å². The largest absolute Gasteiger partial charge is 0.379 e. The smallest absolute Gasteiger partial charge is 0.273 e. The second-order valence-electron chi connectivity index (χ2n) is 7.75. The standard InChI is InChI=1S/C23H27N3O3S/c1-16(2)17-5-7-18(8-6-17)20(26-9-11-28-12-10-26)15-24-23(27)19-14-21(29-25-19)22-4-3-13-30-22/h3-8,13-14,16,20H,9-12,15H2,1-2H3,(H,24,27). The fourth-order valence-corrected chi connectivity index (χ4v) is 4.32. The van der Waals surface area contributed by atoms with E-state index in [9.17, 15) is 4.79 Å². The van der Waals surface area contributed by atoms with Gasteiger partial charge in [-0.15, -0.1) is 11.3 Å². The number of benzene rings is 1. The van der Waals surface area contributed by atoms with Crippen LogP contribution in [0.1, 0.15) is 47.4 Å². The molecule has 0 bridgehead atoms. The monoisotopic (exact) mass is 425 g/mol. The number of carbonyl (C=O) groups is 1. The average molecular weight is 426 g/mol. The Morgan fingerprint density at radius 2 is 1.90 bits per heavy atom. The van der Waals surface area contributed by atoms with Gasteiger partial charge in [0.15, 0.2) is 11.5 Å². The number of ether oxygens (including phenoxy) is 1. The molecule has 3 aromatic rings. The topological polar surface area (TPSA) is 67.6 Å². The van der Waals surface area contributed by atoms with E-state index in [2.05, 4.69) is 53.5 Å². The van der Waals surface area contributed by atoms with Crippen LogP contribution in [0.5, 0.6) is 0 Å². The van der Waals surface area contributed by atoms with Crippen LogP contribution in [-0.2, 0) is 4.74 Å². The third kappa shape index (κ3) is 4.80. The minimum Gasteiger partial charge on any atom is -0.379 e. The summed E-state index contributed by atoms with van der Waals surface area (Å²) in [6.07, 6.45) is 0. The Balaban J connectivity index is 1.46. The van der Waals surface area contributed by atoms with Gasteiger partial charge in [-0.25, -0.2) is 0 Å². The minimum atomic E-state index is -0.224. The van der Waals surface area contributed by atoms with Crippen LogP contribution in [-0.4, -0.2) is 48.8 Å². The van der Waals surface area contributed by atoms with Crippen LogP contribution >= 0.6 is 11.3 Å².